The maximum Gasteiger partial charge on any atom is 0.0424 e. The number of hydrogen-bond donors (Lipinski definition) is 1. The first kappa shape index (κ1) is 15.4. The molecule has 108 valence electrons. The van der Waals surface area contributed by atoms with E-state index in [9.17, 15) is 0 Å². The summed E-state index contributed by atoms with van der Waals surface area (Å²) in [7, 11) is 2.25. The molecular formula is C15H26N2S2. The van der Waals surface area contributed by atoms with Crippen LogP contribution in [0.4, 0.5) is 0 Å². The van der Waals surface area contributed by atoms with Gasteiger partial charge < -0.3 is 5.73 Å². The number of nitrogens with two attached hydrogens (primary N) is 1. The fourth-order valence-corrected chi connectivity index (χ4v) is 5.29. The fourth-order valence-electron chi connectivity index (χ4n) is 3.01. The Labute approximate surface area is 125 Å². The van der Waals surface area contributed by atoms with Crippen molar-refractivity contribution in [2.24, 2.45) is 11.1 Å². The van der Waals surface area contributed by atoms with Gasteiger partial charge in [0.15, 0.2) is 0 Å². The molecule has 0 aromatic carbocycles. The summed E-state index contributed by atoms with van der Waals surface area (Å²) in [6, 6.07) is 4.37. The van der Waals surface area contributed by atoms with Crippen LogP contribution in [-0.2, 0) is 6.42 Å². The maximum atomic E-state index is 6.16. The van der Waals surface area contributed by atoms with Crippen molar-refractivity contribution >= 4 is 23.1 Å². The molecule has 2 N–H and O–H groups in total. The summed E-state index contributed by atoms with van der Waals surface area (Å²) < 4.78 is 0. The monoisotopic (exact) mass is 298 g/mol. The fraction of sp³-hybridized carbons (Fsp3) is 0.733. The summed E-state index contributed by atoms with van der Waals surface area (Å²) in [5, 5.41) is 2.16. The molecule has 1 aliphatic rings. The van der Waals surface area contributed by atoms with Crippen LogP contribution < -0.4 is 5.73 Å². The van der Waals surface area contributed by atoms with E-state index in [1.54, 1.807) is 0 Å². The largest absolute Gasteiger partial charge is 0.329 e. The Balaban J connectivity index is 1.99. The molecule has 2 rings (SSSR count). The van der Waals surface area contributed by atoms with Gasteiger partial charge in [-0.2, -0.15) is 11.8 Å². The van der Waals surface area contributed by atoms with Gasteiger partial charge in [-0.15, -0.1) is 11.3 Å². The Morgan fingerprint density at radius 2 is 2.16 bits per heavy atom. The van der Waals surface area contributed by atoms with Crippen molar-refractivity contribution in [3.8, 4) is 0 Å². The van der Waals surface area contributed by atoms with Crippen LogP contribution in [0.15, 0.2) is 17.5 Å². The molecule has 0 spiro atoms. The topological polar surface area (TPSA) is 29.3 Å². The molecule has 0 radical (unpaired) electrons. The second-order valence-electron chi connectivity index (χ2n) is 6.51. The lowest BCUT2D eigenvalue weighted by Crippen LogP contribution is -2.59. The van der Waals surface area contributed by atoms with Crippen LogP contribution in [0.1, 0.15) is 25.1 Å². The quantitative estimate of drug-likeness (QED) is 0.906. The van der Waals surface area contributed by atoms with Crippen LogP contribution in [0.2, 0.25) is 0 Å². The molecule has 0 bridgehead atoms. The minimum Gasteiger partial charge on any atom is -0.329 e. The second kappa shape index (κ2) is 6.17. The van der Waals surface area contributed by atoms with Crippen LogP contribution in [0.5, 0.6) is 0 Å². The summed E-state index contributed by atoms with van der Waals surface area (Å²) in [6.07, 6.45) is 2.35. The molecule has 1 saturated heterocycles. The van der Waals surface area contributed by atoms with Gasteiger partial charge in [0.05, 0.1) is 0 Å². The van der Waals surface area contributed by atoms with Crippen molar-refractivity contribution in [2.45, 2.75) is 32.2 Å². The number of hydrogen-bond acceptors (Lipinski definition) is 4. The normalized spacial score (nSPS) is 26.8. The molecule has 1 fully saturated rings. The van der Waals surface area contributed by atoms with Crippen LogP contribution in [0.3, 0.4) is 0 Å². The highest BCUT2D eigenvalue weighted by atomic mass is 32.2. The molecule has 1 aliphatic heterocycles. The van der Waals surface area contributed by atoms with Gasteiger partial charge in [-0.05, 0) is 42.5 Å². The summed E-state index contributed by atoms with van der Waals surface area (Å²) in [4.78, 5) is 3.99. The van der Waals surface area contributed by atoms with Crippen LogP contribution >= 0.6 is 23.1 Å². The maximum absolute atomic E-state index is 6.16. The van der Waals surface area contributed by atoms with Crippen LogP contribution in [0, 0.1) is 5.41 Å². The van der Waals surface area contributed by atoms with E-state index in [2.05, 4.69) is 55.1 Å². The molecule has 2 nitrogen and oxygen atoms in total. The first-order valence-electron chi connectivity index (χ1n) is 6.99. The second-order valence-corrected chi connectivity index (χ2v) is 8.53. The van der Waals surface area contributed by atoms with E-state index in [-0.39, 0.29) is 5.54 Å². The minimum atomic E-state index is 0.184. The summed E-state index contributed by atoms with van der Waals surface area (Å²) >= 11 is 3.92. The van der Waals surface area contributed by atoms with E-state index in [1.165, 1.54) is 22.8 Å². The average Bonchev–Trinajstić information content (AvgIpc) is 2.87. The lowest BCUT2D eigenvalue weighted by atomic mass is 9.79. The van der Waals surface area contributed by atoms with Gasteiger partial charge in [-0.25, -0.2) is 0 Å². The van der Waals surface area contributed by atoms with Gasteiger partial charge >= 0.3 is 0 Å². The van der Waals surface area contributed by atoms with E-state index < -0.39 is 0 Å². The van der Waals surface area contributed by atoms with Gasteiger partial charge in [0, 0.05) is 29.3 Å². The van der Waals surface area contributed by atoms with Gasteiger partial charge in [0.1, 0.15) is 0 Å². The third kappa shape index (κ3) is 3.75. The SMILES string of the molecule is CN(CCc1cccs1)C1(CN)CSCC(C)(C)C1. The van der Waals surface area contributed by atoms with Crippen LogP contribution in [-0.4, -0.2) is 42.1 Å². The first-order chi connectivity index (χ1) is 8.97. The Bertz CT molecular complexity index is 389. The highest BCUT2D eigenvalue weighted by Gasteiger charge is 2.42. The number of rotatable bonds is 5. The van der Waals surface area contributed by atoms with Gasteiger partial charge in [0.25, 0.3) is 0 Å². The Kier molecular flexibility index (Phi) is 4.99. The lowest BCUT2D eigenvalue weighted by molar-refractivity contribution is 0.0948. The minimum absolute atomic E-state index is 0.184. The first-order valence-corrected chi connectivity index (χ1v) is 9.02. The summed E-state index contributed by atoms with van der Waals surface area (Å²) in [5.74, 6) is 2.43. The summed E-state index contributed by atoms with van der Waals surface area (Å²) in [5.41, 5.74) is 6.74. The van der Waals surface area contributed by atoms with Gasteiger partial charge in [0.2, 0.25) is 0 Å². The number of likely N-dealkylation sites (N-methyl/N-ethyl adjacent to an activating group) is 1. The predicted octanol–water partition coefficient (Wildman–Crippen LogP) is 3.08. The molecule has 1 aromatic rings. The average molecular weight is 299 g/mol. The van der Waals surface area contributed by atoms with Crippen molar-refractivity contribution in [1.29, 1.82) is 0 Å². The van der Waals surface area contributed by atoms with Crippen LogP contribution in [0.25, 0.3) is 0 Å². The molecule has 2 heterocycles. The summed E-state index contributed by atoms with van der Waals surface area (Å²) in [6.45, 7) is 6.62. The molecular weight excluding hydrogens is 272 g/mol. The van der Waals surface area contributed by atoms with Crippen molar-refractivity contribution in [2.75, 3.05) is 31.6 Å². The highest BCUT2D eigenvalue weighted by molar-refractivity contribution is 7.99. The molecule has 0 amide bonds. The van der Waals surface area contributed by atoms with Gasteiger partial charge in [-0.1, -0.05) is 19.9 Å². The Morgan fingerprint density at radius 3 is 2.74 bits per heavy atom. The predicted molar refractivity (Wildman–Crippen MR) is 88.2 cm³/mol. The number of thioether (sulfide) groups is 1. The molecule has 4 heteroatoms. The third-order valence-electron chi connectivity index (χ3n) is 4.13. The van der Waals surface area contributed by atoms with Crippen molar-refractivity contribution in [1.82, 2.24) is 4.90 Å². The van der Waals surface area contributed by atoms with E-state index in [1.807, 2.05) is 11.3 Å². The zero-order chi connectivity index (χ0) is 13.9. The zero-order valence-electron chi connectivity index (χ0n) is 12.3. The van der Waals surface area contributed by atoms with Crippen molar-refractivity contribution in [3.05, 3.63) is 22.4 Å². The van der Waals surface area contributed by atoms with E-state index in [0.717, 1.165) is 19.5 Å². The zero-order valence-corrected chi connectivity index (χ0v) is 13.9. The van der Waals surface area contributed by atoms with Crippen molar-refractivity contribution < 1.29 is 0 Å². The molecule has 1 atom stereocenters. The third-order valence-corrected chi connectivity index (χ3v) is 6.80. The molecule has 0 aliphatic carbocycles. The number of nitrogens with zero attached hydrogens (tertiary/aromatic N) is 1. The highest BCUT2D eigenvalue weighted by Crippen LogP contribution is 2.41. The van der Waals surface area contributed by atoms with E-state index in [4.69, 9.17) is 5.73 Å². The molecule has 0 saturated carbocycles. The van der Waals surface area contributed by atoms with E-state index >= 15 is 0 Å². The molecule has 1 aromatic heterocycles. The van der Waals surface area contributed by atoms with Gasteiger partial charge in [-0.3, -0.25) is 4.90 Å². The lowest BCUT2D eigenvalue weighted by Gasteiger charge is -2.49. The molecule has 1 unspecified atom stereocenters. The Morgan fingerprint density at radius 1 is 1.37 bits per heavy atom. The van der Waals surface area contributed by atoms with E-state index in [0.29, 0.717) is 5.41 Å². The standard InChI is InChI=1S/C15H26N2S2/c1-14(2)9-15(10-16,12-18-11-14)17(3)7-6-13-5-4-8-19-13/h4-5,8H,6-7,9-12,16H2,1-3H3. The van der Waals surface area contributed by atoms with Crippen molar-refractivity contribution in [3.63, 3.8) is 0 Å². The number of thiophene rings is 1. The smallest absolute Gasteiger partial charge is 0.0424 e. The molecule has 19 heavy (non-hydrogen) atoms. The Hall–Kier alpha value is -0.0300.